The number of aliphatic carboxylic acids is 1. The van der Waals surface area contributed by atoms with Gasteiger partial charge in [-0.25, -0.2) is 0 Å². The molecule has 27 heavy (non-hydrogen) atoms. The van der Waals surface area contributed by atoms with Crippen molar-refractivity contribution in [2.24, 2.45) is 0 Å². The highest BCUT2D eigenvalue weighted by atomic mass is 32.1. The van der Waals surface area contributed by atoms with Crippen molar-refractivity contribution < 1.29 is 9.90 Å². The fourth-order valence-electron chi connectivity index (χ4n) is 3.87. The zero-order chi connectivity index (χ0) is 18.6. The molecule has 1 aliphatic heterocycles. The number of rotatable bonds is 5. The molecular weight excluding hydrogens is 358 g/mol. The van der Waals surface area contributed by atoms with E-state index in [2.05, 4.69) is 20.9 Å². The molecule has 5 nitrogen and oxygen atoms in total. The minimum Gasteiger partial charge on any atom is -0.480 e. The first kappa shape index (κ1) is 18.1. The van der Waals surface area contributed by atoms with Gasteiger partial charge in [0.25, 0.3) is 0 Å². The molecule has 0 amide bonds. The van der Waals surface area contributed by atoms with E-state index in [0.717, 1.165) is 54.8 Å². The van der Waals surface area contributed by atoms with Gasteiger partial charge in [0, 0.05) is 43.3 Å². The Morgan fingerprint density at radius 2 is 1.96 bits per heavy atom. The number of pyridine rings is 1. The molecule has 0 aliphatic carbocycles. The van der Waals surface area contributed by atoms with E-state index in [4.69, 9.17) is 0 Å². The Morgan fingerprint density at radius 3 is 2.78 bits per heavy atom. The number of carbonyl (C=O) groups is 1. The largest absolute Gasteiger partial charge is 0.480 e. The van der Waals surface area contributed by atoms with Crippen LogP contribution in [0.3, 0.4) is 0 Å². The molecule has 0 spiro atoms. The van der Waals surface area contributed by atoms with E-state index in [-0.39, 0.29) is 0 Å². The first-order valence-electron chi connectivity index (χ1n) is 9.26. The lowest BCUT2D eigenvalue weighted by Crippen LogP contribution is -2.37. The molecular formula is C21H23N3O2S. The SMILES string of the molecule is O=C(O)C(c1cccc2ccsc12)N1CCCN(Cc2ccncc2)CC1. The Labute approximate surface area is 162 Å². The van der Waals surface area contributed by atoms with Crippen molar-refractivity contribution in [2.45, 2.75) is 19.0 Å². The number of hydrogen-bond donors (Lipinski definition) is 1. The molecule has 0 radical (unpaired) electrons. The molecule has 6 heteroatoms. The van der Waals surface area contributed by atoms with Crippen LogP contribution >= 0.6 is 11.3 Å². The Hall–Kier alpha value is -2.28. The lowest BCUT2D eigenvalue weighted by atomic mass is 10.0. The van der Waals surface area contributed by atoms with Gasteiger partial charge in [0.2, 0.25) is 0 Å². The monoisotopic (exact) mass is 381 g/mol. The third-order valence-electron chi connectivity index (χ3n) is 5.18. The van der Waals surface area contributed by atoms with Gasteiger partial charge >= 0.3 is 5.97 Å². The van der Waals surface area contributed by atoms with Gasteiger partial charge in [-0.15, -0.1) is 11.3 Å². The molecule has 0 saturated carbocycles. The summed E-state index contributed by atoms with van der Waals surface area (Å²) in [5, 5.41) is 13.2. The first-order valence-corrected chi connectivity index (χ1v) is 10.1. The maximum absolute atomic E-state index is 12.2. The van der Waals surface area contributed by atoms with E-state index < -0.39 is 12.0 Å². The number of thiophene rings is 1. The molecule has 1 aromatic carbocycles. The lowest BCUT2D eigenvalue weighted by Gasteiger charge is -2.28. The van der Waals surface area contributed by atoms with Crippen molar-refractivity contribution in [1.29, 1.82) is 0 Å². The smallest absolute Gasteiger partial charge is 0.325 e. The summed E-state index contributed by atoms with van der Waals surface area (Å²) < 4.78 is 1.09. The highest BCUT2D eigenvalue weighted by molar-refractivity contribution is 7.17. The number of fused-ring (bicyclic) bond motifs is 1. The summed E-state index contributed by atoms with van der Waals surface area (Å²) in [5.41, 5.74) is 2.16. The van der Waals surface area contributed by atoms with E-state index in [1.54, 1.807) is 11.3 Å². The summed E-state index contributed by atoms with van der Waals surface area (Å²) >= 11 is 1.62. The van der Waals surface area contributed by atoms with Crippen LogP contribution in [0.2, 0.25) is 0 Å². The van der Waals surface area contributed by atoms with Gasteiger partial charge in [-0.05, 0) is 53.1 Å². The molecule has 1 atom stereocenters. The second-order valence-electron chi connectivity index (χ2n) is 6.95. The van der Waals surface area contributed by atoms with Crippen molar-refractivity contribution in [2.75, 3.05) is 26.2 Å². The summed E-state index contributed by atoms with van der Waals surface area (Å²) in [6.07, 6.45) is 4.61. The first-order chi connectivity index (χ1) is 13.2. The van der Waals surface area contributed by atoms with Crippen LogP contribution in [0, 0.1) is 0 Å². The zero-order valence-corrected chi connectivity index (χ0v) is 15.9. The predicted molar refractivity (Wildman–Crippen MR) is 108 cm³/mol. The molecule has 1 N–H and O–H groups in total. The predicted octanol–water partition coefficient (Wildman–Crippen LogP) is 3.63. The minimum absolute atomic E-state index is 0.590. The van der Waals surface area contributed by atoms with Crippen molar-refractivity contribution in [3.63, 3.8) is 0 Å². The molecule has 140 valence electrons. The van der Waals surface area contributed by atoms with Crippen LogP contribution in [0.4, 0.5) is 0 Å². The maximum Gasteiger partial charge on any atom is 0.325 e. The van der Waals surface area contributed by atoms with Crippen LogP contribution in [0.1, 0.15) is 23.6 Å². The molecule has 1 saturated heterocycles. The summed E-state index contributed by atoms with van der Waals surface area (Å²) in [6.45, 7) is 4.28. The second-order valence-corrected chi connectivity index (χ2v) is 7.86. The molecule has 1 fully saturated rings. The van der Waals surface area contributed by atoms with E-state index in [9.17, 15) is 9.90 Å². The average Bonchev–Trinajstić information content (AvgIpc) is 3.05. The van der Waals surface area contributed by atoms with Crippen molar-refractivity contribution in [3.05, 3.63) is 65.3 Å². The summed E-state index contributed by atoms with van der Waals surface area (Å²) in [5.74, 6) is -0.765. The van der Waals surface area contributed by atoms with E-state index in [1.807, 2.05) is 48.1 Å². The number of hydrogen-bond acceptors (Lipinski definition) is 5. The fourth-order valence-corrected chi connectivity index (χ4v) is 4.81. The van der Waals surface area contributed by atoms with Crippen LogP contribution in [-0.2, 0) is 11.3 Å². The van der Waals surface area contributed by atoms with Gasteiger partial charge in [0.15, 0.2) is 0 Å². The lowest BCUT2D eigenvalue weighted by molar-refractivity contribution is -0.143. The quantitative estimate of drug-likeness (QED) is 0.731. The number of aromatic nitrogens is 1. The number of nitrogens with zero attached hydrogens (tertiary/aromatic N) is 3. The van der Waals surface area contributed by atoms with Crippen LogP contribution in [-0.4, -0.2) is 52.0 Å². The molecule has 3 aromatic rings. The minimum atomic E-state index is -0.765. The van der Waals surface area contributed by atoms with Crippen LogP contribution < -0.4 is 0 Å². The molecule has 4 rings (SSSR count). The fraction of sp³-hybridized carbons (Fsp3) is 0.333. The third-order valence-corrected chi connectivity index (χ3v) is 6.16. The summed E-state index contributed by atoms with van der Waals surface area (Å²) in [4.78, 5) is 20.8. The van der Waals surface area contributed by atoms with Gasteiger partial charge in [0.05, 0.1) is 0 Å². The van der Waals surface area contributed by atoms with Crippen molar-refractivity contribution in [1.82, 2.24) is 14.8 Å². The average molecular weight is 382 g/mol. The standard InChI is InChI=1S/C21H23N3O2S/c25-21(26)19(18-4-1-3-17-7-14-27-20(17)18)24-11-2-10-23(12-13-24)15-16-5-8-22-9-6-16/h1,3-9,14,19H,2,10-13,15H2,(H,25,26). The molecule has 0 bridgehead atoms. The van der Waals surface area contributed by atoms with Crippen LogP contribution in [0.5, 0.6) is 0 Å². The van der Waals surface area contributed by atoms with Gasteiger partial charge < -0.3 is 5.11 Å². The Bertz CT molecular complexity index is 912. The molecule has 1 unspecified atom stereocenters. The topological polar surface area (TPSA) is 56.7 Å². The van der Waals surface area contributed by atoms with Gasteiger partial charge in [-0.2, -0.15) is 0 Å². The van der Waals surface area contributed by atoms with Gasteiger partial charge in [-0.3, -0.25) is 19.6 Å². The number of benzene rings is 1. The van der Waals surface area contributed by atoms with Crippen LogP contribution in [0.15, 0.2) is 54.2 Å². The number of carboxylic acids is 1. The van der Waals surface area contributed by atoms with Crippen molar-refractivity contribution in [3.8, 4) is 0 Å². The maximum atomic E-state index is 12.2. The summed E-state index contributed by atoms with van der Waals surface area (Å²) in [7, 11) is 0. The highest BCUT2D eigenvalue weighted by Crippen LogP contribution is 2.32. The molecule has 1 aliphatic rings. The second kappa shape index (κ2) is 8.17. The van der Waals surface area contributed by atoms with E-state index >= 15 is 0 Å². The van der Waals surface area contributed by atoms with Gasteiger partial charge in [0.1, 0.15) is 6.04 Å². The zero-order valence-electron chi connectivity index (χ0n) is 15.1. The van der Waals surface area contributed by atoms with Gasteiger partial charge in [-0.1, -0.05) is 18.2 Å². The molecule has 3 heterocycles. The molecule has 2 aromatic heterocycles. The summed E-state index contributed by atoms with van der Waals surface area (Å²) in [6, 6.07) is 11.5. The van der Waals surface area contributed by atoms with Crippen LogP contribution in [0.25, 0.3) is 10.1 Å². The third kappa shape index (κ3) is 4.03. The normalized spacial score (nSPS) is 17.6. The van der Waals surface area contributed by atoms with Crippen molar-refractivity contribution >= 4 is 27.4 Å². The number of carboxylic acid groups (broad SMARTS) is 1. The van der Waals surface area contributed by atoms with E-state index in [0.29, 0.717) is 0 Å². The highest BCUT2D eigenvalue weighted by Gasteiger charge is 2.30. The van der Waals surface area contributed by atoms with E-state index in [1.165, 1.54) is 5.56 Å². The Balaban J connectivity index is 1.52. The Kier molecular flexibility index (Phi) is 5.48. The Morgan fingerprint density at radius 1 is 1.11 bits per heavy atom.